The van der Waals surface area contributed by atoms with E-state index in [-0.39, 0.29) is 0 Å². The Bertz CT molecular complexity index is 701. The van der Waals surface area contributed by atoms with Crippen molar-refractivity contribution in [2.45, 2.75) is 13.8 Å². The number of rotatable bonds is 3. The van der Waals surface area contributed by atoms with E-state index in [0.29, 0.717) is 0 Å². The smallest absolute Gasteiger partial charge is 0.153 e. The van der Waals surface area contributed by atoms with Crippen molar-refractivity contribution >= 4 is 22.8 Å². The molecule has 0 aliphatic carbocycles. The zero-order valence-corrected chi connectivity index (χ0v) is 12.1. The number of aromatic nitrogens is 3. The molecule has 0 fully saturated rings. The fraction of sp³-hybridized carbons (Fsp3) is 0.133. The maximum atomic E-state index is 4.48. The lowest BCUT2D eigenvalue weighted by Gasteiger charge is -2.05. The van der Waals surface area contributed by atoms with Gasteiger partial charge in [-0.2, -0.15) is 5.10 Å². The van der Waals surface area contributed by atoms with Crippen LogP contribution in [0.2, 0.25) is 0 Å². The van der Waals surface area contributed by atoms with E-state index in [1.807, 2.05) is 38.1 Å². The van der Waals surface area contributed by atoms with Crippen molar-refractivity contribution in [3.63, 3.8) is 0 Å². The predicted molar refractivity (Wildman–Crippen MR) is 82.3 cm³/mol. The minimum absolute atomic E-state index is 0.743. The van der Waals surface area contributed by atoms with E-state index in [1.54, 1.807) is 11.3 Å². The molecule has 5 heteroatoms. The molecule has 0 saturated carbocycles. The van der Waals surface area contributed by atoms with Crippen molar-refractivity contribution < 1.29 is 0 Å². The molecule has 2 heterocycles. The Morgan fingerprint density at radius 1 is 0.950 bits per heavy atom. The third-order valence-corrected chi connectivity index (χ3v) is 3.64. The Kier molecular flexibility index (Phi) is 3.43. The summed E-state index contributed by atoms with van der Waals surface area (Å²) in [6.07, 6.45) is 0. The number of nitrogens with one attached hydrogen (secondary N) is 1. The normalized spacial score (nSPS) is 10.5. The summed E-state index contributed by atoms with van der Waals surface area (Å²) < 4.78 is 0. The molecule has 0 radical (unpaired) electrons. The lowest BCUT2D eigenvalue weighted by Crippen LogP contribution is -1.95. The van der Waals surface area contributed by atoms with Crippen LogP contribution in [0.15, 0.2) is 41.8 Å². The Labute approximate surface area is 121 Å². The van der Waals surface area contributed by atoms with Gasteiger partial charge in [0.1, 0.15) is 0 Å². The van der Waals surface area contributed by atoms with Crippen LogP contribution in [0.5, 0.6) is 0 Å². The third kappa shape index (κ3) is 2.83. The Morgan fingerprint density at radius 3 is 2.35 bits per heavy atom. The molecule has 1 N–H and O–H groups in total. The van der Waals surface area contributed by atoms with Gasteiger partial charge in [0.25, 0.3) is 0 Å². The van der Waals surface area contributed by atoms with Gasteiger partial charge in [-0.3, -0.25) is 0 Å². The molecular formula is C15H14N4S. The largest absolute Gasteiger partial charge is 0.339 e. The Hall–Kier alpha value is -2.27. The SMILES string of the molecule is Cc1ccc(Nc2ccc(-c3csc(C)n3)cc2)nn1. The van der Waals surface area contributed by atoms with Crippen LogP contribution < -0.4 is 5.32 Å². The van der Waals surface area contributed by atoms with Gasteiger partial charge in [0.15, 0.2) is 5.82 Å². The van der Waals surface area contributed by atoms with Crippen LogP contribution >= 0.6 is 11.3 Å². The lowest BCUT2D eigenvalue weighted by molar-refractivity contribution is 0.986. The highest BCUT2D eigenvalue weighted by Crippen LogP contribution is 2.24. The lowest BCUT2D eigenvalue weighted by atomic mass is 10.1. The van der Waals surface area contributed by atoms with Gasteiger partial charge in [0.05, 0.1) is 16.4 Å². The number of thiazole rings is 1. The number of aryl methyl sites for hydroxylation is 2. The zero-order valence-electron chi connectivity index (χ0n) is 11.3. The van der Waals surface area contributed by atoms with Gasteiger partial charge >= 0.3 is 0 Å². The van der Waals surface area contributed by atoms with Gasteiger partial charge in [-0.05, 0) is 38.1 Å². The van der Waals surface area contributed by atoms with Crippen LogP contribution in [0, 0.1) is 13.8 Å². The summed E-state index contributed by atoms with van der Waals surface area (Å²) in [6.45, 7) is 3.93. The molecular weight excluding hydrogens is 268 g/mol. The first kappa shape index (κ1) is 12.7. The summed E-state index contributed by atoms with van der Waals surface area (Å²) in [5, 5.41) is 14.5. The van der Waals surface area contributed by atoms with E-state index >= 15 is 0 Å². The van der Waals surface area contributed by atoms with E-state index in [9.17, 15) is 0 Å². The summed E-state index contributed by atoms with van der Waals surface area (Å²) in [7, 11) is 0. The summed E-state index contributed by atoms with van der Waals surface area (Å²) in [4.78, 5) is 4.48. The highest BCUT2D eigenvalue weighted by atomic mass is 32.1. The van der Waals surface area contributed by atoms with Crippen molar-refractivity contribution in [3.8, 4) is 11.3 Å². The van der Waals surface area contributed by atoms with Crippen LogP contribution in [0.3, 0.4) is 0 Å². The van der Waals surface area contributed by atoms with E-state index < -0.39 is 0 Å². The summed E-state index contributed by atoms with van der Waals surface area (Å²) in [5.74, 6) is 0.743. The van der Waals surface area contributed by atoms with Crippen molar-refractivity contribution in [3.05, 3.63) is 52.5 Å². The minimum Gasteiger partial charge on any atom is -0.339 e. The fourth-order valence-corrected chi connectivity index (χ4v) is 2.46. The fourth-order valence-electron chi connectivity index (χ4n) is 1.83. The van der Waals surface area contributed by atoms with Gasteiger partial charge < -0.3 is 5.32 Å². The standard InChI is InChI=1S/C15H14N4S/c1-10-3-8-15(19-18-10)17-13-6-4-12(5-7-13)14-9-20-11(2)16-14/h3-9H,1-2H3,(H,17,19). The topological polar surface area (TPSA) is 50.7 Å². The van der Waals surface area contributed by atoms with Gasteiger partial charge in [-0.1, -0.05) is 12.1 Å². The van der Waals surface area contributed by atoms with E-state index in [1.165, 1.54) is 0 Å². The average Bonchev–Trinajstić information content (AvgIpc) is 2.89. The molecule has 0 spiro atoms. The quantitative estimate of drug-likeness (QED) is 0.790. The van der Waals surface area contributed by atoms with Crippen LogP contribution in [-0.4, -0.2) is 15.2 Å². The van der Waals surface area contributed by atoms with E-state index in [0.717, 1.165) is 33.5 Å². The molecule has 0 saturated heterocycles. The molecule has 0 amide bonds. The van der Waals surface area contributed by atoms with Crippen molar-refractivity contribution in [1.82, 2.24) is 15.2 Å². The second-order valence-corrected chi connectivity index (χ2v) is 5.58. The Balaban J connectivity index is 1.77. The van der Waals surface area contributed by atoms with Gasteiger partial charge in [0.2, 0.25) is 0 Å². The average molecular weight is 282 g/mol. The summed E-state index contributed by atoms with van der Waals surface area (Å²) in [6, 6.07) is 12.0. The number of nitrogens with zero attached hydrogens (tertiary/aromatic N) is 3. The van der Waals surface area contributed by atoms with Gasteiger partial charge in [-0.25, -0.2) is 4.98 Å². The van der Waals surface area contributed by atoms with Crippen LogP contribution in [0.25, 0.3) is 11.3 Å². The molecule has 0 atom stereocenters. The highest BCUT2D eigenvalue weighted by Gasteiger charge is 2.02. The van der Waals surface area contributed by atoms with Crippen LogP contribution in [0.1, 0.15) is 10.7 Å². The first-order chi connectivity index (χ1) is 9.70. The Morgan fingerprint density at radius 2 is 1.75 bits per heavy atom. The number of hydrogen-bond donors (Lipinski definition) is 1. The molecule has 2 aromatic heterocycles. The monoisotopic (exact) mass is 282 g/mol. The summed E-state index contributed by atoms with van der Waals surface area (Å²) in [5.41, 5.74) is 4.03. The number of hydrogen-bond acceptors (Lipinski definition) is 5. The maximum absolute atomic E-state index is 4.48. The zero-order chi connectivity index (χ0) is 13.9. The first-order valence-corrected chi connectivity index (χ1v) is 7.18. The molecule has 100 valence electrons. The van der Waals surface area contributed by atoms with E-state index in [2.05, 4.69) is 38.0 Å². The summed E-state index contributed by atoms with van der Waals surface area (Å²) >= 11 is 1.66. The maximum Gasteiger partial charge on any atom is 0.153 e. The van der Waals surface area contributed by atoms with Gasteiger partial charge in [0, 0.05) is 16.6 Å². The number of anilines is 2. The van der Waals surface area contributed by atoms with Crippen molar-refractivity contribution in [2.24, 2.45) is 0 Å². The second-order valence-electron chi connectivity index (χ2n) is 4.51. The van der Waals surface area contributed by atoms with Crippen molar-refractivity contribution in [2.75, 3.05) is 5.32 Å². The second kappa shape index (κ2) is 5.38. The molecule has 1 aromatic carbocycles. The van der Waals surface area contributed by atoms with E-state index in [4.69, 9.17) is 0 Å². The molecule has 3 aromatic rings. The van der Waals surface area contributed by atoms with Crippen LogP contribution in [-0.2, 0) is 0 Å². The van der Waals surface area contributed by atoms with Crippen LogP contribution in [0.4, 0.5) is 11.5 Å². The molecule has 0 bridgehead atoms. The third-order valence-electron chi connectivity index (χ3n) is 2.87. The van der Waals surface area contributed by atoms with Gasteiger partial charge in [-0.15, -0.1) is 16.4 Å². The van der Waals surface area contributed by atoms with Crippen molar-refractivity contribution in [1.29, 1.82) is 0 Å². The number of benzene rings is 1. The molecule has 0 unspecified atom stereocenters. The minimum atomic E-state index is 0.743. The first-order valence-electron chi connectivity index (χ1n) is 6.30. The molecule has 4 nitrogen and oxygen atoms in total. The highest BCUT2D eigenvalue weighted by molar-refractivity contribution is 7.09. The molecule has 0 aliphatic rings. The predicted octanol–water partition coefficient (Wildman–Crippen LogP) is 3.96. The molecule has 20 heavy (non-hydrogen) atoms. The molecule has 0 aliphatic heterocycles. The molecule has 3 rings (SSSR count).